The van der Waals surface area contributed by atoms with E-state index in [9.17, 15) is 9.59 Å². The van der Waals surface area contributed by atoms with E-state index < -0.39 is 0 Å². The minimum atomic E-state index is -0.271. The average Bonchev–Trinajstić information content (AvgIpc) is 3.09. The molecule has 2 aromatic carbocycles. The Morgan fingerprint density at radius 1 is 1.18 bits per heavy atom. The van der Waals surface area contributed by atoms with Gasteiger partial charge in [0.15, 0.2) is 11.5 Å². The molecule has 0 saturated carbocycles. The lowest BCUT2D eigenvalue weighted by Crippen LogP contribution is -2.25. The van der Waals surface area contributed by atoms with Gasteiger partial charge < -0.3 is 19.7 Å². The van der Waals surface area contributed by atoms with Gasteiger partial charge in [-0.2, -0.15) is 0 Å². The van der Waals surface area contributed by atoms with Crippen LogP contribution in [0, 0.1) is 0 Å². The number of hydrogen-bond acceptors (Lipinski definition) is 4. The third-order valence-corrected chi connectivity index (χ3v) is 4.79. The molecule has 0 spiro atoms. The van der Waals surface area contributed by atoms with Gasteiger partial charge in [-0.1, -0.05) is 11.6 Å². The average molecular weight is 401 g/mol. The number of amides is 2. The lowest BCUT2D eigenvalue weighted by Gasteiger charge is -2.14. The maximum absolute atomic E-state index is 12.3. The summed E-state index contributed by atoms with van der Waals surface area (Å²) in [7, 11) is 3.04. The summed E-state index contributed by atoms with van der Waals surface area (Å²) in [5.41, 5.74) is 3.35. The van der Waals surface area contributed by atoms with Gasteiger partial charge >= 0.3 is 0 Å². The number of ether oxygens (including phenoxy) is 2. The summed E-state index contributed by atoms with van der Waals surface area (Å²) in [4.78, 5) is 25.6. The highest BCUT2D eigenvalue weighted by Crippen LogP contribution is 2.36. The summed E-state index contributed by atoms with van der Waals surface area (Å²) < 4.78 is 10.5. The van der Waals surface area contributed by atoms with E-state index in [2.05, 4.69) is 5.32 Å². The number of rotatable bonds is 5. The fraction of sp³-hybridized carbons (Fsp3) is 0.238. The number of nitrogens with one attached hydrogen (secondary N) is 1. The van der Waals surface area contributed by atoms with Crippen LogP contribution in [0.4, 0.5) is 11.4 Å². The van der Waals surface area contributed by atoms with Crippen molar-refractivity contribution < 1.29 is 19.1 Å². The van der Waals surface area contributed by atoms with Gasteiger partial charge in [-0.05, 0) is 54.0 Å². The highest BCUT2D eigenvalue weighted by molar-refractivity contribution is 6.32. The van der Waals surface area contributed by atoms with Gasteiger partial charge in [0.25, 0.3) is 0 Å². The number of carbonyl (C=O) groups excluding carboxylic acids is 2. The smallest absolute Gasteiger partial charge is 0.248 e. The van der Waals surface area contributed by atoms with E-state index in [4.69, 9.17) is 21.1 Å². The molecule has 1 N–H and O–H groups in total. The zero-order valence-electron chi connectivity index (χ0n) is 15.9. The van der Waals surface area contributed by atoms with E-state index in [1.165, 1.54) is 20.3 Å². The molecule has 146 valence electrons. The van der Waals surface area contributed by atoms with Crippen molar-refractivity contribution in [2.75, 3.05) is 31.0 Å². The van der Waals surface area contributed by atoms with Crippen molar-refractivity contribution in [2.24, 2.45) is 0 Å². The molecule has 1 aliphatic heterocycles. The van der Waals surface area contributed by atoms with Gasteiger partial charge in [-0.15, -0.1) is 0 Å². The van der Waals surface area contributed by atoms with Crippen molar-refractivity contribution in [2.45, 2.75) is 13.3 Å². The summed E-state index contributed by atoms with van der Waals surface area (Å²) in [6.07, 6.45) is 3.85. The maximum atomic E-state index is 12.3. The molecule has 6 nitrogen and oxygen atoms in total. The van der Waals surface area contributed by atoms with Crippen LogP contribution in [0.15, 0.2) is 36.4 Å². The molecule has 0 bridgehead atoms. The Kier molecular flexibility index (Phi) is 5.90. The fourth-order valence-electron chi connectivity index (χ4n) is 3.20. The lowest BCUT2D eigenvalue weighted by molar-refractivity contribution is -0.116. The minimum absolute atomic E-state index is 0.0204. The van der Waals surface area contributed by atoms with Crippen molar-refractivity contribution in [1.29, 1.82) is 0 Å². The molecule has 0 fully saturated rings. The molecule has 2 aromatic rings. The quantitative estimate of drug-likeness (QED) is 0.772. The highest BCUT2D eigenvalue weighted by Gasteiger charge is 2.22. The predicted octanol–water partition coefficient (Wildman–Crippen LogP) is 3.92. The van der Waals surface area contributed by atoms with Crippen LogP contribution < -0.4 is 19.7 Å². The molecule has 0 aliphatic carbocycles. The van der Waals surface area contributed by atoms with Gasteiger partial charge in [-0.25, -0.2) is 0 Å². The lowest BCUT2D eigenvalue weighted by atomic mass is 10.1. The van der Waals surface area contributed by atoms with Gasteiger partial charge in [0, 0.05) is 30.9 Å². The Hall–Kier alpha value is -2.99. The Balaban J connectivity index is 1.71. The predicted molar refractivity (Wildman–Crippen MR) is 110 cm³/mol. The molecule has 0 saturated heterocycles. The van der Waals surface area contributed by atoms with Crippen LogP contribution in [0.2, 0.25) is 5.02 Å². The second kappa shape index (κ2) is 8.35. The third-order valence-electron chi connectivity index (χ3n) is 4.51. The number of halogens is 1. The molecule has 0 aromatic heterocycles. The van der Waals surface area contributed by atoms with Gasteiger partial charge in [-0.3, -0.25) is 9.59 Å². The summed E-state index contributed by atoms with van der Waals surface area (Å²) in [6.45, 7) is 2.22. The van der Waals surface area contributed by atoms with Crippen LogP contribution in [0.5, 0.6) is 11.5 Å². The van der Waals surface area contributed by atoms with Crippen molar-refractivity contribution in [3.8, 4) is 11.5 Å². The Labute approximate surface area is 168 Å². The van der Waals surface area contributed by atoms with Crippen molar-refractivity contribution in [3.05, 3.63) is 52.6 Å². The van der Waals surface area contributed by atoms with Crippen LogP contribution in [0.25, 0.3) is 6.08 Å². The van der Waals surface area contributed by atoms with E-state index >= 15 is 0 Å². The standard InChI is InChI=1S/C21H21ClN2O4/c1-13(25)24-9-8-15-12-16(5-6-18(15)24)23-20(26)7-4-14-10-17(22)21(28-3)19(11-14)27-2/h4-7,10-12H,8-9H2,1-3H3,(H,23,26)/b7-4+. The second-order valence-corrected chi connectivity index (χ2v) is 6.73. The van der Waals surface area contributed by atoms with E-state index in [0.717, 1.165) is 17.7 Å². The molecular formula is C21H21ClN2O4. The van der Waals surface area contributed by atoms with E-state index in [1.807, 2.05) is 12.1 Å². The number of anilines is 2. The van der Waals surface area contributed by atoms with Crippen LogP contribution in [-0.2, 0) is 16.0 Å². The summed E-state index contributed by atoms with van der Waals surface area (Å²) in [5, 5.41) is 3.23. The van der Waals surface area contributed by atoms with Crippen molar-refractivity contribution in [1.82, 2.24) is 0 Å². The van der Waals surface area contributed by atoms with Crippen LogP contribution >= 0.6 is 11.6 Å². The first-order chi connectivity index (χ1) is 13.4. The Morgan fingerprint density at radius 3 is 2.64 bits per heavy atom. The molecule has 1 heterocycles. The first-order valence-corrected chi connectivity index (χ1v) is 9.12. The van der Waals surface area contributed by atoms with Crippen LogP contribution in [-0.4, -0.2) is 32.6 Å². The zero-order valence-corrected chi connectivity index (χ0v) is 16.7. The number of methoxy groups -OCH3 is 2. The molecule has 3 rings (SSSR count). The van der Waals surface area contributed by atoms with Crippen molar-refractivity contribution in [3.63, 3.8) is 0 Å². The van der Waals surface area contributed by atoms with Gasteiger partial charge in [0.2, 0.25) is 11.8 Å². The van der Waals surface area contributed by atoms with E-state index in [1.54, 1.807) is 36.1 Å². The monoisotopic (exact) mass is 400 g/mol. The SMILES string of the molecule is COc1cc(/C=C/C(=O)Nc2ccc3c(c2)CCN3C(C)=O)cc(Cl)c1OC. The normalized spacial score (nSPS) is 12.8. The maximum Gasteiger partial charge on any atom is 0.248 e. The molecule has 0 atom stereocenters. The second-order valence-electron chi connectivity index (χ2n) is 6.32. The first kappa shape index (κ1) is 19.8. The molecule has 28 heavy (non-hydrogen) atoms. The van der Waals surface area contributed by atoms with E-state index in [0.29, 0.717) is 34.3 Å². The van der Waals surface area contributed by atoms with Gasteiger partial charge in [0.05, 0.1) is 19.2 Å². The summed E-state index contributed by atoms with van der Waals surface area (Å²) >= 11 is 6.18. The Morgan fingerprint density at radius 2 is 1.96 bits per heavy atom. The number of benzene rings is 2. The van der Waals surface area contributed by atoms with E-state index in [-0.39, 0.29) is 11.8 Å². The summed E-state index contributed by atoms with van der Waals surface area (Å²) in [5.74, 6) is 0.687. The largest absolute Gasteiger partial charge is 0.493 e. The topological polar surface area (TPSA) is 67.9 Å². The number of hydrogen-bond donors (Lipinski definition) is 1. The minimum Gasteiger partial charge on any atom is -0.493 e. The summed E-state index contributed by atoms with van der Waals surface area (Å²) in [6, 6.07) is 8.98. The molecule has 0 unspecified atom stereocenters. The first-order valence-electron chi connectivity index (χ1n) is 8.74. The Bertz CT molecular complexity index is 956. The molecule has 0 radical (unpaired) electrons. The number of nitrogens with zero attached hydrogens (tertiary/aromatic N) is 1. The molecule has 2 amide bonds. The van der Waals surface area contributed by atoms with Crippen molar-refractivity contribution >= 4 is 40.9 Å². The van der Waals surface area contributed by atoms with Gasteiger partial charge in [0.1, 0.15) is 0 Å². The zero-order chi connectivity index (χ0) is 20.3. The molecular weight excluding hydrogens is 380 g/mol. The number of fused-ring (bicyclic) bond motifs is 1. The van der Waals surface area contributed by atoms with Crippen LogP contribution in [0.1, 0.15) is 18.1 Å². The highest BCUT2D eigenvalue weighted by atomic mass is 35.5. The van der Waals surface area contributed by atoms with Crippen LogP contribution in [0.3, 0.4) is 0 Å². The fourth-order valence-corrected chi connectivity index (χ4v) is 3.49. The third kappa shape index (κ3) is 4.12. The molecule has 1 aliphatic rings. The number of carbonyl (C=O) groups is 2. The molecule has 7 heteroatoms.